The first-order valence-corrected chi connectivity index (χ1v) is 9.67. The highest BCUT2D eigenvalue weighted by atomic mass is 32.1. The van der Waals surface area contributed by atoms with Crippen LogP contribution in [0.4, 0.5) is 20.8 Å². The highest BCUT2D eigenvalue weighted by Crippen LogP contribution is 2.30. The number of aromatic hydroxyl groups is 1. The molecule has 10 heteroatoms. The van der Waals surface area contributed by atoms with Gasteiger partial charge in [-0.3, -0.25) is 9.59 Å². The Kier molecular flexibility index (Phi) is 6.17. The van der Waals surface area contributed by atoms with Gasteiger partial charge in [-0.1, -0.05) is 12.1 Å². The van der Waals surface area contributed by atoms with Gasteiger partial charge in [0.2, 0.25) is 5.91 Å². The van der Waals surface area contributed by atoms with Gasteiger partial charge < -0.3 is 27.2 Å². The molecule has 0 aliphatic carbocycles. The normalized spacial score (nSPS) is 11.7. The fraction of sp³-hybridized carbons (Fsp3) is 0.150. The second-order valence-corrected chi connectivity index (χ2v) is 7.47. The molecule has 1 aromatic heterocycles. The van der Waals surface area contributed by atoms with Crippen molar-refractivity contribution in [2.24, 2.45) is 11.5 Å². The summed E-state index contributed by atoms with van der Waals surface area (Å²) in [5, 5.41) is 15.8. The maximum atomic E-state index is 14.7. The summed E-state index contributed by atoms with van der Waals surface area (Å²) in [6.45, 7) is 1.81. The Hall–Kier alpha value is -3.66. The van der Waals surface area contributed by atoms with Crippen molar-refractivity contribution in [3.63, 3.8) is 0 Å². The molecule has 2 aromatic carbocycles. The molecule has 30 heavy (non-hydrogen) atoms. The van der Waals surface area contributed by atoms with E-state index in [2.05, 4.69) is 15.0 Å². The number of aryl methyl sites for hydroxylation is 1. The van der Waals surface area contributed by atoms with E-state index < -0.39 is 23.7 Å². The van der Waals surface area contributed by atoms with Crippen LogP contribution in [-0.2, 0) is 11.2 Å². The molecule has 3 aromatic rings. The first kappa shape index (κ1) is 21.1. The third-order valence-corrected chi connectivity index (χ3v) is 5.10. The lowest BCUT2D eigenvalue weighted by atomic mass is 10.0. The summed E-state index contributed by atoms with van der Waals surface area (Å²) < 4.78 is 18.8. The number of phenolic OH excluding ortho intramolecular Hbond substituents is 1. The van der Waals surface area contributed by atoms with Crippen molar-refractivity contribution in [3.05, 3.63) is 65.1 Å². The van der Waals surface area contributed by atoms with Gasteiger partial charge in [0, 0.05) is 6.42 Å². The van der Waals surface area contributed by atoms with Gasteiger partial charge in [-0.25, -0.2) is 4.39 Å². The minimum absolute atomic E-state index is 0.0219. The van der Waals surface area contributed by atoms with Crippen LogP contribution in [0, 0.1) is 12.7 Å². The molecule has 7 N–H and O–H groups in total. The van der Waals surface area contributed by atoms with E-state index in [4.69, 9.17) is 11.5 Å². The summed E-state index contributed by atoms with van der Waals surface area (Å²) in [5.41, 5.74) is 12.6. The van der Waals surface area contributed by atoms with Crippen molar-refractivity contribution in [2.45, 2.75) is 19.4 Å². The molecule has 8 nitrogen and oxygen atoms in total. The molecule has 0 fully saturated rings. The van der Waals surface area contributed by atoms with Crippen LogP contribution >= 0.6 is 11.5 Å². The maximum absolute atomic E-state index is 14.7. The Labute approximate surface area is 175 Å². The Balaban J connectivity index is 1.90. The van der Waals surface area contributed by atoms with E-state index in [9.17, 15) is 19.1 Å². The summed E-state index contributed by atoms with van der Waals surface area (Å²) in [4.78, 5) is 23.7. The van der Waals surface area contributed by atoms with Crippen LogP contribution in [0.3, 0.4) is 0 Å². The van der Waals surface area contributed by atoms with E-state index in [-0.39, 0.29) is 29.1 Å². The number of nitrogens with two attached hydrogens (primary N) is 2. The molecular weight excluding hydrogens is 409 g/mol. The first-order valence-electron chi connectivity index (χ1n) is 8.90. The third kappa shape index (κ3) is 5.03. The number of primary amides is 2. The molecular formula is C20H20FN5O3S. The van der Waals surface area contributed by atoms with Gasteiger partial charge in [0.1, 0.15) is 22.6 Å². The highest BCUT2D eigenvalue weighted by molar-refractivity contribution is 7.10. The van der Waals surface area contributed by atoms with Crippen LogP contribution in [0.15, 0.2) is 42.5 Å². The molecule has 0 aliphatic heterocycles. The molecule has 3 rings (SSSR count). The minimum atomic E-state index is -0.929. The Morgan fingerprint density at radius 2 is 1.87 bits per heavy atom. The number of carbonyl (C=O) groups is 2. The fourth-order valence-corrected chi connectivity index (χ4v) is 3.50. The summed E-state index contributed by atoms with van der Waals surface area (Å²) in [7, 11) is 0. The molecule has 2 amide bonds. The molecule has 156 valence electrons. The second kappa shape index (κ2) is 8.78. The standard InChI is InChI=1S/C20H20FN5O3S/c1-10-6-18(30-26-10)25-15-9-16(14(21)8-13(15)19(22)28)24-17(20(23)29)7-11-2-4-12(27)5-3-11/h2-6,8-9,17,24-25,27H,7H2,1H3,(H2,22,28)(H2,23,29). The monoisotopic (exact) mass is 429 g/mol. The Bertz CT molecular complexity index is 1080. The summed E-state index contributed by atoms with van der Waals surface area (Å²) >= 11 is 1.17. The van der Waals surface area contributed by atoms with E-state index in [1.807, 2.05) is 6.92 Å². The van der Waals surface area contributed by atoms with Gasteiger partial charge in [-0.2, -0.15) is 4.37 Å². The molecule has 0 saturated carbocycles. The van der Waals surface area contributed by atoms with Gasteiger partial charge in [0.05, 0.1) is 22.6 Å². The van der Waals surface area contributed by atoms with Gasteiger partial charge in [0.15, 0.2) is 0 Å². The van der Waals surface area contributed by atoms with Crippen molar-refractivity contribution in [2.75, 3.05) is 10.6 Å². The van der Waals surface area contributed by atoms with E-state index in [0.717, 1.165) is 17.3 Å². The van der Waals surface area contributed by atoms with Crippen LogP contribution in [-0.4, -0.2) is 27.3 Å². The lowest BCUT2D eigenvalue weighted by molar-refractivity contribution is -0.118. The second-order valence-electron chi connectivity index (χ2n) is 6.67. The lowest BCUT2D eigenvalue weighted by Crippen LogP contribution is -2.37. The molecule has 0 saturated heterocycles. The number of aromatic nitrogens is 1. The summed E-state index contributed by atoms with van der Waals surface area (Å²) in [5.74, 6) is -2.16. The number of hydrogen-bond acceptors (Lipinski definition) is 7. The van der Waals surface area contributed by atoms with Crippen LogP contribution < -0.4 is 22.1 Å². The SMILES string of the molecule is Cc1cc(Nc2cc(NC(Cc3ccc(O)cc3)C(N)=O)c(F)cc2C(N)=O)sn1. The predicted octanol–water partition coefficient (Wildman–Crippen LogP) is 2.65. The molecule has 0 spiro atoms. The molecule has 0 aliphatic rings. The molecule has 1 unspecified atom stereocenters. The zero-order valence-electron chi connectivity index (χ0n) is 16.0. The highest BCUT2D eigenvalue weighted by Gasteiger charge is 2.20. The quantitative estimate of drug-likeness (QED) is 0.372. The van der Waals surface area contributed by atoms with Gasteiger partial charge in [-0.15, -0.1) is 0 Å². The number of benzene rings is 2. The van der Waals surface area contributed by atoms with Crippen molar-refractivity contribution in [1.82, 2.24) is 4.37 Å². The third-order valence-electron chi connectivity index (χ3n) is 4.31. The number of amides is 2. The van der Waals surface area contributed by atoms with Gasteiger partial charge >= 0.3 is 0 Å². The van der Waals surface area contributed by atoms with Crippen molar-refractivity contribution in [3.8, 4) is 5.75 Å². The molecule has 1 atom stereocenters. The number of nitrogens with one attached hydrogen (secondary N) is 2. The first-order chi connectivity index (χ1) is 14.2. The van der Waals surface area contributed by atoms with Crippen molar-refractivity contribution < 1.29 is 19.1 Å². The van der Waals surface area contributed by atoms with Crippen LogP contribution in [0.25, 0.3) is 0 Å². The van der Waals surface area contributed by atoms with E-state index in [0.29, 0.717) is 5.00 Å². The zero-order chi connectivity index (χ0) is 21.8. The smallest absolute Gasteiger partial charge is 0.250 e. The zero-order valence-corrected chi connectivity index (χ0v) is 16.8. The maximum Gasteiger partial charge on any atom is 0.250 e. The lowest BCUT2D eigenvalue weighted by Gasteiger charge is -2.19. The largest absolute Gasteiger partial charge is 0.508 e. The number of carbonyl (C=O) groups excluding carboxylic acids is 2. The molecule has 0 radical (unpaired) electrons. The number of anilines is 3. The number of hydrogen-bond donors (Lipinski definition) is 5. The van der Waals surface area contributed by atoms with Crippen molar-refractivity contribution >= 4 is 39.7 Å². The van der Waals surface area contributed by atoms with Gasteiger partial charge in [0.25, 0.3) is 5.91 Å². The van der Waals surface area contributed by atoms with Crippen molar-refractivity contribution in [1.29, 1.82) is 0 Å². The summed E-state index contributed by atoms with van der Waals surface area (Å²) in [6.07, 6.45) is 0.170. The van der Waals surface area contributed by atoms with Crippen LogP contribution in [0.1, 0.15) is 21.6 Å². The number of rotatable bonds is 8. The number of phenols is 1. The number of nitrogens with zero attached hydrogens (tertiary/aromatic N) is 1. The van der Waals surface area contributed by atoms with E-state index >= 15 is 0 Å². The summed E-state index contributed by atoms with van der Waals surface area (Å²) in [6, 6.07) is 9.43. The number of halogens is 1. The Morgan fingerprint density at radius 1 is 1.17 bits per heavy atom. The van der Waals surface area contributed by atoms with Crippen LogP contribution in [0.5, 0.6) is 5.75 Å². The van der Waals surface area contributed by atoms with Gasteiger partial charge in [-0.05, 0) is 54.4 Å². The Morgan fingerprint density at radius 3 is 2.43 bits per heavy atom. The van der Waals surface area contributed by atoms with Crippen LogP contribution in [0.2, 0.25) is 0 Å². The average Bonchev–Trinajstić information content (AvgIpc) is 3.09. The predicted molar refractivity (Wildman–Crippen MR) is 113 cm³/mol. The van der Waals surface area contributed by atoms with E-state index in [1.165, 1.54) is 29.7 Å². The fourth-order valence-electron chi connectivity index (χ4n) is 2.82. The molecule has 0 bridgehead atoms. The molecule has 1 heterocycles. The van der Waals surface area contributed by atoms with E-state index in [1.54, 1.807) is 18.2 Å². The minimum Gasteiger partial charge on any atom is -0.508 e. The topological polar surface area (TPSA) is 143 Å². The average molecular weight is 429 g/mol.